The zero-order valence-electron chi connectivity index (χ0n) is 11.1. The molecule has 0 aliphatic heterocycles. The average Bonchev–Trinajstić information content (AvgIpc) is 2.33. The van der Waals surface area contributed by atoms with Gasteiger partial charge in [0.1, 0.15) is 0 Å². The first-order chi connectivity index (χ1) is 8.22. The van der Waals surface area contributed by atoms with Crippen molar-refractivity contribution in [3.63, 3.8) is 0 Å². The summed E-state index contributed by atoms with van der Waals surface area (Å²) in [5.74, 6) is 0.900. The lowest BCUT2D eigenvalue weighted by Crippen LogP contribution is -2.36. The molecule has 96 valence electrons. The van der Waals surface area contributed by atoms with Crippen molar-refractivity contribution in [1.82, 2.24) is 15.5 Å². The van der Waals surface area contributed by atoms with Gasteiger partial charge in [-0.25, -0.2) is 0 Å². The second-order valence-corrected chi connectivity index (χ2v) is 4.00. The third kappa shape index (κ3) is 3.94. The molecule has 1 aromatic heterocycles. The lowest BCUT2D eigenvalue weighted by molar-refractivity contribution is 0.181. The van der Waals surface area contributed by atoms with Crippen molar-refractivity contribution in [2.75, 3.05) is 32.2 Å². The van der Waals surface area contributed by atoms with E-state index in [1.807, 2.05) is 19.2 Å². The normalized spacial score (nSPS) is 12.5. The summed E-state index contributed by atoms with van der Waals surface area (Å²) >= 11 is 0. The Bertz CT molecular complexity index is 315. The maximum Gasteiger partial charge on any atom is 0.151 e. The topological polar surface area (TPSA) is 50.3 Å². The number of methoxy groups -OCH3 is 1. The molecule has 0 radical (unpaired) electrons. The molecule has 0 spiro atoms. The van der Waals surface area contributed by atoms with Gasteiger partial charge in [0.2, 0.25) is 0 Å². The first-order valence-corrected chi connectivity index (χ1v) is 5.95. The van der Waals surface area contributed by atoms with Crippen molar-refractivity contribution >= 4 is 5.82 Å². The molecule has 1 unspecified atom stereocenters. The molecule has 0 saturated carbocycles. The Labute approximate surface area is 103 Å². The van der Waals surface area contributed by atoms with Crippen molar-refractivity contribution in [2.24, 2.45) is 0 Å². The van der Waals surface area contributed by atoms with Crippen molar-refractivity contribution in [2.45, 2.75) is 26.4 Å². The van der Waals surface area contributed by atoms with E-state index in [4.69, 9.17) is 4.74 Å². The number of hydrogen-bond donors (Lipinski definition) is 1. The minimum Gasteiger partial charge on any atom is -0.383 e. The third-order valence-corrected chi connectivity index (χ3v) is 2.64. The van der Waals surface area contributed by atoms with Gasteiger partial charge in [0.15, 0.2) is 5.82 Å². The predicted molar refractivity (Wildman–Crippen MR) is 69.2 cm³/mol. The standard InChI is InChI=1S/C12H22N4O/c1-5-16(10(2)9-17-4)12-7-6-11(8-13-3)14-15-12/h6-7,10,13H,5,8-9H2,1-4H3. The first-order valence-electron chi connectivity index (χ1n) is 5.95. The second kappa shape index (κ2) is 7.19. The molecule has 17 heavy (non-hydrogen) atoms. The van der Waals surface area contributed by atoms with Crippen LogP contribution in [0.25, 0.3) is 0 Å². The number of ether oxygens (including phenoxy) is 1. The molecule has 0 aromatic carbocycles. The highest BCUT2D eigenvalue weighted by molar-refractivity contribution is 5.38. The minimum atomic E-state index is 0.300. The molecule has 1 atom stereocenters. The highest BCUT2D eigenvalue weighted by Crippen LogP contribution is 2.13. The molecule has 0 aliphatic rings. The summed E-state index contributed by atoms with van der Waals surface area (Å²) in [5, 5.41) is 11.5. The Morgan fingerprint density at radius 3 is 2.65 bits per heavy atom. The van der Waals surface area contributed by atoms with E-state index in [1.165, 1.54) is 0 Å². The van der Waals surface area contributed by atoms with Gasteiger partial charge >= 0.3 is 0 Å². The van der Waals surface area contributed by atoms with Crippen LogP contribution in [0.15, 0.2) is 12.1 Å². The lowest BCUT2D eigenvalue weighted by atomic mass is 10.3. The summed E-state index contributed by atoms with van der Waals surface area (Å²) in [5.41, 5.74) is 0.951. The van der Waals surface area contributed by atoms with Gasteiger partial charge in [0.25, 0.3) is 0 Å². The number of hydrogen-bond acceptors (Lipinski definition) is 5. The molecule has 0 saturated heterocycles. The lowest BCUT2D eigenvalue weighted by Gasteiger charge is -2.28. The van der Waals surface area contributed by atoms with E-state index in [2.05, 4.69) is 34.3 Å². The van der Waals surface area contributed by atoms with Crippen molar-refractivity contribution in [3.8, 4) is 0 Å². The number of aromatic nitrogens is 2. The molecule has 5 heteroatoms. The molecular weight excluding hydrogens is 216 g/mol. The summed E-state index contributed by atoms with van der Waals surface area (Å²) in [6.45, 7) is 6.55. The van der Waals surface area contributed by atoms with Crippen LogP contribution in [0.4, 0.5) is 5.82 Å². The van der Waals surface area contributed by atoms with Crippen molar-refractivity contribution in [3.05, 3.63) is 17.8 Å². The van der Waals surface area contributed by atoms with Crippen molar-refractivity contribution in [1.29, 1.82) is 0 Å². The molecule has 0 bridgehead atoms. The Hall–Kier alpha value is -1.20. The Kier molecular flexibility index (Phi) is 5.86. The Balaban J connectivity index is 2.74. The number of nitrogens with zero attached hydrogens (tertiary/aromatic N) is 3. The number of likely N-dealkylation sites (N-methyl/N-ethyl adjacent to an activating group) is 1. The van der Waals surface area contributed by atoms with Gasteiger partial charge in [0, 0.05) is 20.2 Å². The highest BCUT2D eigenvalue weighted by atomic mass is 16.5. The van der Waals surface area contributed by atoms with Crippen LogP contribution in [0.3, 0.4) is 0 Å². The largest absolute Gasteiger partial charge is 0.383 e. The monoisotopic (exact) mass is 238 g/mol. The van der Waals surface area contributed by atoms with Crippen LogP contribution in [0, 0.1) is 0 Å². The van der Waals surface area contributed by atoms with E-state index in [1.54, 1.807) is 7.11 Å². The van der Waals surface area contributed by atoms with Crippen LogP contribution in [-0.2, 0) is 11.3 Å². The van der Waals surface area contributed by atoms with Crippen LogP contribution < -0.4 is 10.2 Å². The third-order valence-electron chi connectivity index (χ3n) is 2.64. The SMILES string of the molecule is CCN(c1ccc(CNC)nn1)C(C)COC. The molecule has 5 nitrogen and oxygen atoms in total. The van der Waals surface area contributed by atoms with Gasteiger partial charge in [-0.2, -0.15) is 5.10 Å². The van der Waals surface area contributed by atoms with Crippen LogP contribution in [0.5, 0.6) is 0 Å². The van der Waals surface area contributed by atoms with E-state index in [-0.39, 0.29) is 0 Å². The second-order valence-electron chi connectivity index (χ2n) is 4.00. The molecule has 0 amide bonds. The maximum absolute atomic E-state index is 5.17. The van der Waals surface area contributed by atoms with Gasteiger partial charge in [-0.1, -0.05) is 0 Å². The van der Waals surface area contributed by atoms with Crippen LogP contribution in [0.1, 0.15) is 19.5 Å². The van der Waals surface area contributed by atoms with Gasteiger partial charge < -0.3 is 15.0 Å². The molecule has 1 heterocycles. The molecule has 0 fully saturated rings. The zero-order chi connectivity index (χ0) is 12.7. The van der Waals surface area contributed by atoms with E-state index in [0.717, 1.165) is 24.6 Å². The van der Waals surface area contributed by atoms with Crippen LogP contribution >= 0.6 is 0 Å². The fourth-order valence-electron chi connectivity index (χ4n) is 1.81. The first kappa shape index (κ1) is 13.9. The van der Waals surface area contributed by atoms with Gasteiger partial charge in [-0.15, -0.1) is 5.10 Å². The van der Waals surface area contributed by atoms with Crippen LogP contribution in [-0.4, -0.2) is 43.5 Å². The summed E-state index contributed by atoms with van der Waals surface area (Å²) < 4.78 is 5.17. The van der Waals surface area contributed by atoms with E-state index in [9.17, 15) is 0 Å². The quantitative estimate of drug-likeness (QED) is 0.769. The van der Waals surface area contributed by atoms with E-state index < -0.39 is 0 Å². The number of nitrogens with one attached hydrogen (secondary N) is 1. The smallest absolute Gasteiger partial charge is 0.151 e. The van der Waals surface area contributed by atoms with Crippen LogP contribution in [0.2, 0.25) is 0 Å². The number of anilines is 1. The van der Waals surface area contributed by atoms with Gasteiger partial charge in [0.05, 0.1) is 18.3 Å². The molecule has 1 aromatic rings. The molecule has 1 N–H and O–H groups in total. The minimum absolute atomic E-state index is 0.300. The average molecular weight is 238 g/mol. The Morgan fingerprint density at radius 1 is 1.41 bits per heavy atom. The van der Waals surface area contributed by atoms with E-state index in [0.29, 0.717) is 12.6 Å². The molecule has 1 rings (SSSR count). The summed E-state index contributed by atoms with van der Waals surface area (Å²) in [6.07, 6.45) is 0. The fourth-order valence-corrected chi connectivity index (χ4v) is 1.81. The highest BCUT2D eigenvalue weighted by Gasteiger charge is 2.14. The fraction of sp³-hybridized carbons (Fsp3) is 0.667. The number of rotatable bonds is 7. The molecular formula is C12H22N4O. The van der Waals surface area contributed by atoms with Gasteiger partial charge in [-0.05, 0) is 33.0 Å². The Morgan fingerprint density at radius 2 is 2.18 bits per heavy atom. The van der Waals surface area contributed by atoms with Crippen molar-refractivity contribution < 1.29 is 4.74 Å². The van der Waals surface area contributed by atoms with E-state index >= 15 is 0 Å². The summed E-state index contributed by atoms with van der Waals surface area (Å²) in [6, 6.07) is 4.31. The maximum atomic E-state index is 5.17. The summed E-state index contributed by atoms with van der Waals surface area (Å²) in [4.78, 5) is 2.18. The molecule has 0 aliphatic carbocycles. The predicted octanol–water partition coefficient (Wildman–Crippen LogP) is 1.06. The van der Waals surface area contributed by atoms with Gasteiger partial charge in [-0.3, -0.25) is 0 Å². The summed E-state index contributed by atoms with van der Waals surface area (Å²) in [7, 11) is 3.61. The zero-order valence-corrected chi connectivity index (χ0v) is 11.1.